The van der Waals surface area contributed by atoms with Gasteiger partial charge in [-0.1, -0.05) is 13.3 Å². The summed E-state index contributed by atoms with van der Waals surface area (Å²) in [6.07, 6.45) is 1.29. The number of nitrogens with zero attached hydrogens (tertiary/aromatic N) is 1. The summed E-state index contributed by atoms with van der Waals surface area (Å²) in [6.45, 7) is 2.52. The van der Waals surface area contributed by atoms with Crippen LogP contribution in [0.1, 0.15) is 19.8 Å². The molecule has 0 rings (SSSR count). The van der Waals surface area contributed by atoms with Gasteiger partial charge in [0.15, 0.2) is 0 Å². The Morgan fingerprint density at radius 2 is 1.62 bits per heavy atom. The van der Waals surface area contributed by atoms with Crippen LogP contribution in [0.25, 0.3) is 0 Å². The van der Waals surface area contributed by atoms with Gasteiger partial charge in [-0.15, -0.1) is 0 Å². The van der Waals surface area contributed by atoms with Crippen LogP contribution in [-0.2, 0) is 18.0 Å². The highest BCUT2D eigenvalue weighted by molar-refractivity contribution is 6.60. The zero-order valence-electron chi connectivity index (χ0n) is 10.6. The van der Waals surface area contributed by atoms with Crippen molar-refractivity contribution < 1.29 is 22.8 Å². The molecule has 0 radical (unpaired) electrons. The molecule has 96 valence electrons. The van der Waals surface area contributed by atoms with E-state index in [0.717, 1.165) is 12.8 Å². The van der Waals surface area contributed by atoms with E-state index in [2.05, 4.69) is 0 Å². The molecule has 6 nitrogen and oxygen atoms in total. The van der Waals surface area contributed by atoms with Gasteiger partial charge in [0.05, 0.1) is 7.11 Å². The van der Waals surface area contributed by atoms with E-state index in [1.807, 2.05) is 6.92 Å². The van der Waals surface area contributed by atoms with E-state index in [1.165, 1.54) is 33.0 Å². The predicted molar refractivity (Wildman–Crippen MR) is 60.8 cm³/mol. The van der Waals surface area contributed by atoms with Crippen molar-refractivity contribution in [3.05, 3.63) is 0 Å². The number of amides is 1. The van der Waals surface area contributed by atoms with Gasteiger partial charge >= 0.3 is 15.1 Å². The minimum Gasteiger partial charge on any atom is -0.453 e. The summed E-state index contributed by atoms with van der Waals surface area (Å²) in [6, 6.07) is 0. The number of carbonyl (C=O) groups excluding carboxylic acids is 1. The molecule has 0 aliphatic carbocycles. The first-order chi connectivity index (χ1) is 7.61. The Bertz CT molecular complexity index is 202. The predicted octanol–water partition coefficient (Wildman–Crippen LogP) is 1.23. The Kier molecular flexibility index (Phi) is 7.31. The fourth-order valence-electron chi connectivity index (χ4n) is 1.35. The maximum absolute atomic E-state index is 11.6. The lowest BCUT2D eigenvalue weighted by Crippen LogP contribution is -2.61. The highest BCUT2D eigenvalue weighted by atomic mass is 28.4. The highest BCUT2D eigenvalue weighted by Crippen LogP contribution is 2.15. The van der Waals surface area contributed by atoms with Crippen molar-refractivity contribution in [2.75, 3.05) is 35.0 Å². The third kappa shape index (κ3) is 3.44. The quantitative estimate of drug-likeness (QED) is 0.637. The molecule has 0 saturated heterocycles. The van der Waals surface area contributed by atoms with Gasteiger partial charge in [-0.25, -0.2) is 4.79 Å². The van der Waals surface area contributed by atoms with Gasteiger partial charge in [0, 0.05) is 27.9 Å². The maximum Gasteiger partial charge on any atom is 0.637 e. The van der Waals surface area contributed by atoms with Crippen molar-refractivity contribution >= 4 is 15.1 Å². The van der Waals surface area contributed by atoms with Gasteiger partial charge in [0.1, 0.15) is 0 Å². The van der Waals surface area contributed by atoms with Gasteiger partial charge in [0.2, 0.25) is 0 Å². The van der Waals surface area contributed by atoms with Crippen molar-refractivity contribution in [3.63, 3.8) is 0 Å². The molecule has 7 heteroatoms. The number of hydrogen-bond acceptors (Lipinski definition) is 5. The van der Waals surface area contributed by atoms with Crippen LogP contribution in [-0.4, -0.2) is 54.6 Å². The Morgan fingerprint density at radius 1 is 1.12 bits per heavy atom. The van der Waals surface area contributed by atoms with E-state index in [1.54, 1.807) is 0 Å². The van der Waals surface area contributed by atoms with Gasteiger partial charge in [0.25, 0.3) is 0 Å². The first-order valence-corrected chi connectivity index (χ1v) is 6.80. The Hall–Kier alpha value is -0.633. The average molecular weight is 251 g/mol. The van der Waals surface area contributed by atoms with Crippen molar-refractivity contribution in [1.82, 2.24) is 4.57 Å². The zero-order valence-corrected chi connectivity index (χ0v) is 11.6. The van der Waals surface area contributed by atoms with Crippen LogP contribution < -0.4 is 0 Å². The topological polar surface area (TPSA) is 57.2 Å². The first kappa shape index (κ1) is 15.4. The van der Waals surface area contributed by atoms with Crippen LogP contribution in [0.15, 0.2) is 0 Å². The fraction of sp³-hybridized carbons (Fsp3) is 0.889. The molecule has 0 aliphatic rings. The molecule has 0 fully saturated rings. The third-order valence-corrected chi connectivity index (χ3v) is 4.85. The molecule has 0 saturated carbocycles. The Balaban J connectivity index is 4.87. The standard InChI is InChI=1S/C9H21NO5Si/c1-6-7-8-10(9(11)12-2)16(13-3,14-4)15-5/h6-8H2,1-5H3. The normalized spacial score (nSPS) is 11.3. The van der Waals surface area contributed by atoms with Crippen LogP contribution in [0.3, 0.4) is 0 Å². The molecule has 1 amide bonds. The van der Waals surface area contributed by atoms with Crippen LogP contribution in [0, 0.1) is 0 Å². The van der Waals surface area contributed by atoms with E-state index in [4.69, 9.17) is 18.0 Å². The number of unbranched alkanes of at least 4 members (excludes halogenated alkanes) is 1. The van der Waals surface area contributed by atoms with Crippen molar-refractivity contribution in [1.29, 1.82) is 0 Å². The summed E-state index contributed by atoms with van der Waals surface area (Å²) >= 11 is 0. The van der Waals surface area contributed by atoms with Gasteiger partial charge in [-0.05, 0) is 6.42 Å². The lowest BCUT2D eigenvalue weighted by molar-refractivity contribution is 0.0507. The molecule has 0 atom stereocenters. The fourth-order valence-corrected chi connectivity index (χ4v) is 3.26. The summed E-state index contributed by atoms with van der Waals surface area (Å²) in [5, 5.41) is 0. The van der Waals surface area contributed by atoms with E-state index in [0.29, 0.717) is 6.54 Å². The van der Waals surface area contributed by atoms with E-state index < -0.39 is 15.1 Å². The second-order valence-corrected chi connectivity index (χ2v) is 5.92. The first-order valence-electron chi connectivity index (χ1n) is 5.12. The van der Waals surface area contributed by atoms with Crippen LogP contribution in [0.5, 0.6) is 0 Å². The monoisotopic (exact) mass is 251 g/mol. The average Bonchev–Trinajstić information content (AvgIpc) is 2.34. The highest BCUT2D eigenvalue weighted by Gasteiger charge is 2.50. The molecule has 0 unspecified atom stereocenters. The van der Waals surface area contributed by atoms with Crippen LogP contribution in [0.2, 0.25) is 0 Å². The largest absolute Gasteiger partial charge is 0.637 e. The second-order valence-electron chi connectivity index (χ2n) is 3.11. The number of rotatable bonds is 7. The molecule has 0 spiro atoms. The Labute approximate surface area is 97.9 Å². The summed E-state index contributed by atoms with van der Waals surface area (Å²) in [5.41, 5.74) is 0. The molecule has 0 N–H and O–H groups in total. The van der Waals surface area contributed by atoms with Crippen LogP contribution >= 0.6 is 0 Å². The molecule has 0 heterocycles. The van der Waals surface area contributed by atoms with E-state index >= 15 is 0 Å². The summed E-state index contributed by atoms with van der Waals surface area (Å²) < 4.78 is 21.8. The minimum atomic E-state index is -3.11. The third-order valence-electron chi connectivity index (χ3n) is 2.23. The molecule has 0 bridgehead atoms. The van der Waals surface area contributed by atoms with E-state index in [-0.39, 0.29) is 0 Å². The summed E-state index contributed by atoms with van der Waals surface area (Å²) in [4.78, 5) is 11.6. The molecule has 0 aromatic heterocycles. The van der Waals surface area contributed by atoms with Crippen molar-refractivity contribution in [2.45, 2.75) is 19.8 Å². The zero-order chi connectivity index (χ0) is 12.6. The number of carbonyl (C=O) groups is 1. The molecular formula is C9H21NO5Si. The van der Waals surface area contributed by atoms with Gasteiger partial charge < -0.3 is 18.0 Å². The lowest BCUT2D eigenvalue weighted by Gasteiger charge is -2.33. The van der Waals surface area contributed by atoms with Gasteiger partial charge in [-0.2, -0.15) is 0 Å². The van der Waals surface area contributed by atoms with E-state index in [9.17, 15) is 4.79 Å². The maximum atomic E-state index is 11.6. The van der Waals surface area contributed by atoms with Gasteiger partial charge in [-0.3, -0.25) is 4.57 Å². The second kappa shape index (κ2) is 7.61. The minimum absolute atomic E-state index is 0.491. The summed E-state index contributed by atoms with van der Waals surface area (Å²) in [5.74, 6) is 0. The lowest BCUT2D eigenvalue weighted by atomic mass is 10.3. The van der Waals surface area contributed by atoms with Crippen LogP contribution in [0.4, 0.5) is 4.79 Å². The molecule has 0 aromatic carbocycles. The molecule has 0 aromatic rings. The van der Waals surface area contributed by atoms with Crippen molar-refractivity contribution in [3.8, 4) is 0 Å². The number of ether oxygens (including phenoxy) is 1. The smallest absolute Gasteiger partial charge is 0.453 e. The SMILES string of the molecule is CCCCN(C(=O)OC)[Si](OC)(OC)OC. The number of hydrogen-bond donors (Lipinski definition) is 0. The molecule has 16 heavy (non-hydrogen) atoms. The Morgan fingerprint density at radius 3 is 1.94 bits per heavy atom. The number of methoxy groups -OCH3 is 1. The molecular weight excluding hydrogens is 230 g/mol. The summed E-state index contributed by atoms with van der Waals surface area (Å²) in [7, 11) is 2.59. The van der Waals surface area contributed by atoms with Crippen molar-refractivity contribution in [2.24, 2.45) is 0 Å². The molecule has 0 aliphatic heterocycles.